The van der Waals surface area contributed by atoms with E-state index in [1.807, 2.05) is 25.1 Å². The molecule has 0 unspecified atom stereocenters. The van der Waals surface area contributed by atoms with Crippen LogP contribution >= 0.6 is 0 Å². The lowest BCUT2D eigenvalue weighted by Crippen LogP contribution is -2.48. The monoisotopic (exact) mass is 375 g/mol. The SMILES string of the molecule is COc1ccc([C@@H](C(=O)O)N2CCC(N3CCNC(=O)CC3)CC2)cc1C. The molecule has 2 N–H and O–H groups in total. The molecular weight excluding hydrogens is 346 g/mol. The fourth-order valence-corrected chi connectivity index (χ4v) is 4.24. The fraction of sp³-hybridized carbons (Fsp3) is 0.600. The topological polar surface area (TPSA) is 82.1 Å². The molecule has 1 amide bonds. The van der Waals surface area contributed by atoms with Crippen LogP contribution in [0.4, 0.5) is 0 Å². The number of nitrogens with one attached hydrogen (secondary N) is 1. The first-order valence-electron chi connectivity index (χ1n) is 9.61. The Kier molecular flexibility index (Phi) is 6.34. The number of carbonyl (C=O) groups excluding carboxylic acids is 1. The molecule has 7 heteroatoms. The van der Waals surface area contributed by atoms with Gasteiger partial charge in [0.25, 0.3) is 0 Å². The first-order valence-corrected chi connectivity index (χ1v) is 9.61. The van der Waals surface area contributed by atoms with Crippen LogP contribution in [0, 0.1) is 6.92 Å². The molecule has 2 saturated heterocycles. The number of carbonyl (C=O) groups is 2. The molecule has 27 heavy (non-hydrogen) atoms. The quantitative estimate of drug-likeness (QED) is 0.810. The smallest absolute Gasteiger partial charge is 0.325 e. The molecule has 1 aromatic rings. The van der Waals surface area contributed by atoms with Crippen LogP contribution in [0.15, 0.2) is 18.2 Å². The summed E-state index contributed by atoms with van der Waals surface area (Å²) in [4.78, 5) is 28.0. The van der Waals surface area contributed by atoms with Crippen LogP contribution in [0.3, 0.4) is 0 Å². The molecule has 0 saturated carbocycles. The van der Waals surface area contributed by atoms with Crippen LogP contribution in [-0.2, 0) is 9.59 Å². The third-order valence-corrected chi connectivity index (χ3v) is 5.70. The van der Waals surface area contributed by atoms with Gasteiger partial charge >= 0.3 is 5.97 Å². The molecule has 148 valence electrons. The van der Waals surface area contributed by atoms with Gasteiger partial charge in [0.15, 0.2) is 0 Å². The Morgan fingerprint density at radius 3 is 2.63 bits per heavy atom. The number of rotatable bonds is 5. The van der Waals surface area contributed by atoms with E-state index in [4.69, 9.17) is 4.74 Å². The van der Waals surface area contributed by atoms with Crippen LogP contribution in [0.5, 0.6) is 5.75 Å². The highest BCUT2D eigenvalue weighted by molar-refractivity contribution is 5.76. The number of hydrogen-bond acceptors (Lipinski definition) is 5. The van der Waals surface area contributed by atoms with Crippen molar-refractivity contribution in [3.8, 4) is 5.75 Å². The van der Waals surface area contributed by atoms with Crippen molar-refractivity contribution in [2.45, 2.75) is 38.3 Å². The van der Waals surface area contributed by atoms with E-state index in [2.05, 4.69) is 15.1 Å². The van der Waals surface area contributed by atoms with Gasteiger partial charge < -0.3 is 15.2 Å². The summed E-state index contributed by atoms with van der Waals surface area (Å²) in [7, 11) is 1.62. The fourth-order valence-electron chi connectivity index (χ4n) is 4.24. The predicted molar refractivity (Wildman–Crippen MR) is 102 cm³/mol. The van der Waals surface area contributed by atoms with Crippen molar-refractivity contribution in [1.82, 2.24) is 15.1 Å². The minimum Gasteiger partial charge on any atom is -0.496 e. The number of hydrogen-bond donors (Lipinski definition) is 2. The molecule has 1 aromatic carbocycles. The van der Waals surface area contributed by atoms with Crippen molar-refractivity contribution in [2.24, 2.45) is 0 Å². The molecule has 7 nitrogen and oxygen atoms in total. The Morgan fingerprint density at radius 2 is 2.00 bits per heavy atom. The van der Waals surface area contributed by atoms with Gasteiger partial charge in [-0.05, 0) is 37.0 Å². The maximum absolute atomic E-state index is 12.0. The first-order chi connectivity index (χ1) is 13.0. The zero-order valence-corrected chi connectivity index (χ0v) is 16.1. The largest absolute Gasteiger partial charge is 0.496 e. The summed E-state index contributed by atoms with van der Waals surface area (Å²) in [5.74, 6) is 0.0734. The number of piperidine rings is 1. The molecule has 2 heterocycles. The minimum absolute atomic E-state index is 0.121. The van der Waals surface area contributed by atoms with Gasteiger partial charge in [0.05, 0.1) is 7.11 Å². The van der Waals surface area contributed by atoms with E-state index in [9.17, 15) is 14.7 Å². The third kappa shape index (κ3) is 4.59. The maximum atomic E-state index is 12.0. The zero-order chi connectivity index (χ0) is 19.4. The number of benzene rings is 1. The van der Waals surface area contributed by atoms with E-state index in [0.29, 0.717) is 19.0 Å². The molecule has 1 atom stereocenters. The zero-order valence-electron chi connectivity index (χ0n) is 16.1. The number of amides is 1. The van der Waals surface area contributed by atoms with E-state index in [1.165, 1.54) is 0 Å². The standard InChI is InChI=1S/C20H29N3O4/c1-14-13-15(3-4-17(14)27-2)19(20(25)26)23-9-5-16(6-10-23)22-11-7-18(24)21-8-12-22/h3-4,13,16,19H,5-12H2,1-2H3,(H,21,24)(H,25,26)/t19-/m0/s1. The van der Waals surface area contributed by atoms with E-state index >= 15 is 0 Å². The average Bonchev–Trinajstić information content (AvgIpc) is 2.87. The summed E-state index contributed by atoms with van der Waals surface area (Å²) < 4.78 is 5.29. The van der Waals surface area contributed by atoms with Gasteiger partial charge in [-0.1, -0.05) is 12.1 Å². The summed E-state index contributed by atoms with van der Waals surface area (Å²) in [6.07, 6.45) is 2.39. The van der Waals surface area contributed by atoms with Crippen LogP contribution in [-0.4, -0.2) is 72.7 Å². The second kappa shape index (κ2) is 8.71. The number of carboxylic acid groups (broad SMARTS) is 1. The van der Waals surface area contributed by atoms with Gasteiger partial charge in [-0.2, -0.15) is 0 Å². The van der Waals surface area contributed by atoms with Crippen molar-refractivity contribution in [1.29, 1.82) is 0 Å². The summed E-state index contributed by atoms with van der Waals surface area (Å²) in [5.41, 5.74) is 1.74. The third-order valence-electron chi connectivity index (χ3n) is 5.70. The number of nitrogens with zero attached hydrogens (tertiary/aromatic N) is 2. The summed E-state index contributed by atoms with van der Waals surface area (Å²) in [6.45, 7) is 5.77. The Morgan fingerprint density at radius 1 is 1.26 bits per heavy atom. The molecule has 0 radical (unpaired) electrons. The molecule has 0 bridgehead atoms. The highest BCUT2D eigenvalue weighted by Gasteiger charge is 2.33. The Bertz CT molecular complexity index is 686. The van der Waals surface area contributed by atoms with E-state index in [1.54, 1.807) is 7.11 Å². The molecule has 2 aliphatic rings. The van der Waals surface area contributed by atoms with Crippen molar-refractivity contribution < 1.29 is 19.4 Å². The van der Waals surface area contributed by atoms with E-state index in [0.717, 1.165) is 55.9 Å². The highest BCUT2D eigenvalue weighted by atomic mass is 16.5. The lowest BCUT2D eigenvalue weighted by atomic mass is 9.97. The van der Waals surface area contributed by atoms with E-state index < -0.39 is 12.0 Å². The number of aryl methyl sites for hydroxylation is 1. The summed E-state index contributed by atoms with van der Waals surface area (Å²) in [6, 6.07) is 5.39. The van der Waals surface area contributed by atoms with Crippen LogP contribution in [0.2, 0.25) is 0 Å². The van der Waals surface area contributed by atoms with Gasteiger partial charge in [-0.15, -0.1) is 0 Å². The molecular formula is C20H29N3O4. The molecule has 0 aromatic heterocycles. The number of carboxylic acids is 1. The van der Waals surface area contributed by atoms with Crippen molar-refractivity contribution in [3.63, 3.8) is 0 Å². The molecule has 0 spiro atoms. The van der Waals surface area contributed by atoms with Gasteiger partial charge in [0.1, 0.15) is 11.8 Å². The molecule has 2 fully saturated rings. The number of likely N-dealkylation sites (tertiary alicyclic amines) is 1. The number of methoxy groups -OCH3 is 1. The minimum atomic E-state index is -0.817. The van der Waals surface area contributed by atoms with Crippen molar-refractivity contribution >= 4 is 11.9 Å². The Labute approximate surface area is 160 Å². The van der Waals surface area contributed by atoms with Crippen molar-refractivity contribution in [3.05, 3.63) is 29.3 Å². The average molecular weight is 375 g/mol. The van der Waals surface area contributed by atoms with Gasteiger partial charge in [0, 0.05) is 45.2 Å². The molecule has 2 aliphatic heterocycles. The number of aliphatic carboxylic acids is 1. The first kappa shape index (κ1) is 19.6. The Hall–Kier alpha value is -2.12. The Balaban J connectivity index is 1.66. The van der Waals surface area contributed by atoms with Gasteiger partial charge in [-0.3, -0.25) is 19.4 Å². The maximum Gasteiger partial charge on any atom is 0.325 e. The van der Waals surface area contributed by atoms with E-state index in [-0.39, 0.29) is 5.91 Å². The van der Waals surface area contributed by atoms with Crippen molar-refractivity contribution in [2.75, 3.05) is 39.8 Å². The molecule has 3 rings (SSSR count). The highest BCUT2D eigenvalue weighted by Crippen LogP contribution is 2.29. The lowest BCUT2D eigenvalue weighted by Gasteiger charge is -2.40. The lowest BCUT2D eigenvalue weighted by molar-refractivity contribution is -0.144. The normalized spacial score (nSPS) is 21.3. The van der Waals surface area contributed by atoms with Crippen LogP contribution < -0.4 is 10.1 Å². The summed E-state index contributed by atoms with van der Waals surface area (Å²) in [5, 5.41) is 12.8. The van der Waals surface area contributed by atoms with Crippen LogP contribution in [0.1, 0.15) is 36.4 Å². The van der Waals surface area contributed by atoms with Gasteiger partial charge in [-0.25, -0.2) is 0 Å². The van der Waals surface area contributed by atoms with Crippen LogP contribution in [0.25, 0.3) is 0 Å². The predicted octanol–water partition coefficient (Wildman–Crippen LogP) is 1.42. The second-order valence-corrected chi connectivity index (χ2v) is 7.37. The summed E-state index contributed by atoms with van der Waals surface area (Å²) >= 11 is 0. The van der Waals surface area contributed by atoms with Gasteiger partial charge in [0.2, 0.25) is 5.91 Å². The number of ether oxygens (including phenoxy) is 1. The second-order valence-electron chi connectivity index (χ2n) is 7.37. The molecule has 0 aliphatic carbocycles.